The van der Waals surface area contributed by atoms with E-state index in [-0.39, 0.29) is 5.56 Å². The third kappa shape index (κ3) is 2.93. The van der Waals surface area contributed by atoms with Crippen molar-refractivity contribution in [3.8, 4) is 11.5 Å². The molecule has 1 aromatic heterocycles. The van der Waals surface area contributed by atoms with Crippen molar-refractivity contribution < 1.29 is 9.47 Å². The first kappa shape index (κ1) is 13.7. The van der Waals surface area contributed by atoms with E-state index in [2.05, 4.69) is 9.97 Å². The normalized spacial score (nSPS) is 13.8. The van der Waals surface area contributed by atoms with Crippen molar-refractivity contribution in [2.24, 2.45) is 0 Å². The number of rotatable bonds is 2. The highest BCUT2D eigenvalue weighted by Crippen LogP contribution is 2.36. The molecular formula is C13H11IN2O3S. The van der Waals surface area contributed by atoms with Gasteiger partial charge in [-0.1, -0.05) is 11.8 Å². The topological polar surface area (TPSA) is 64.2 Å². The van der Waals surface area contributed by atoms with Crippen LogP contribution in [-0.2, 0) is 0 Å². The Morgan fingerprint density at radius 2 is 2.05 bits per heavy atom. The molecule has 0 aliphatic carbocycles. The second-order valence-corrected chi connectivity index (χ2v) is 6.25. The summed E-state index contributed by atoms with van der Waals surface area (Å²) in [5.41, 5.74) is -0.127. The first-order valence-electron chi connectivity index (χ1n) is 6.05. The van der Waals surface area contributed by atoms with Crippen LogP contribution in [0.15, 0.2) is 39.2 Å². The summed E-state index contributed by atoms with van der Waals surface area (Å²) >= 11 is 3.43. The van der Waals surface area contributed by atoms with Gasteiger partial charge in [-0.25, -0.2) is 4.98 Å². The molecule has 0 saturated heterocycles. The van der Waals surface area contributed by atoms with Crippen LogP contribution in [0.25, 0.3) is 0 Å². The molecule has 0 atom stereocenters. The Bertz CT molecular complexity index is 690. The predicted octanol–water partition coefficient (Wildman–Crippen LogP) is 2.69. The van der Waals surface area contributed by atoms with Crippen LogP contribution in [0.1, 0.15) is 6.42 Å². The summed E-state index contributed by atoms with van der Waals surface area (Å²) in [6.07, 6.45) is 2.29. The van der Waals surface area contributed by atoms with Crippen LogP contribution < -0.4 is 15.0 Å². The Hall–Kier alpha value is -1.22. The molecule has 0 unspecified atom stereocenters. The lowest BCUT2D eigenvalue weighted by Gasteiger charge is -2.09. The summed E-state index contributed by atoms with van der Waals surface area (Å²) in [6, 6.07) is 5.75. The minimum Gasteiger partial charge on any atom is -0.490 e. The van der Waals surface area contributed by atoms with E-state index in [1.807, 2.05) is 40.8 Å². The molecule has 104 valence electrons. The molecule has 1 aliphatic heterocycles. The van der Waals surface area contributed by atoms with Gasteiger partial charge in [-0.2, -0.15) is 0 Å². The first-order chi connectivity index (χ1) is 9.74. The van der Waals surface area contributed by atoms with Crippen molar-refractivity contribution in [1.29, 1.82) is 0 Å². The number of fused-ring (bicyclic) bond motifs is 1. The lowest BCUT2D eigenvalue weighted by Crippen LogP contribution is -2.10. The van der Waals surface area contributed by atoms with Crippen LogP contribution in [-0.4, -0.2) is 23.2 Å². The highest BCUT2D eigenvalue weighted by molar-refractivity contribution is 14.1. The fraction of sp³-hybridized carbons (Fsp3) is 0.231. The highest BCUT2D eigenvalue weighted by atomic mass is 127. The molecule has 2 aromatic rings. The molecule has 1 aliphatic rings. The van der Waals surface area contributed by atoms with Crippen LogP contribution in [0, 0.1) is 3.57 Å². The van der Waals surface area contributed by atoms with Crippen LogP contribution in [0.2, 0.25) is 0 Å². The van der Waals surface area contributed by atoms with Crippen molar-refractivity contribution in [2.75, 3.05) is 13.2 Å². The Morgan fingerprint density at radius 3 is 2.90 bits per heavy atom. The Kier molecular flexibility index (Phi) is 4.16. The minimum atomic E-state index is -0.127. The molecule has 0 saturated carbocycles. The van der Waals surface area contributed by atoms with Gasteiger partial charge in [0, 0.05) is 11.3 Å². The molecule has 2 heterocycles. The molecule has 0 fully saturated rings. The molecule has 20 heavy (non-hydrogen) atoms. The van der Waals surface area contributed by atoms with Crippen LogP contribution in [0.3, 0.4) is 0 Å². The maximum atomic E-state index is 11.5. The number of aromatic nitrogens is 2. The fourth-order valence-corrected chi connectivity index (χ4v) is 3.19. The molecule has 0 amide bonds. The zero-order chi connectivity index (χ0) is 13.9. The summed E-state index contributed by atoms with van der Waals surface area (Å²) in [5, 5.41) is 0.684. The molecule has 7 heteroatoms. The van der Waals surface area contributed by atoms with E-state index in [0.29, 0.717) is 21.8 Å². The number of halogens is 1. The minimum absolute atomic E-state index is 0.127. The number of nitrogens with one attached hydrogen (secondary N) is 1. The number of ether oxygens (including phenoxy) is 2. The maximum absolute atomic E-state index is 11.5. The smallest absolute Gasteiger partial charge is 0.265 e. The Labute approximate surface area is 133 Å². The van der Waals surface area contributed by atoms with E-state index >= 15 is 0 Å². The summed E-state index contributed by atoms with van der Waals surface area (Å²) in [5.74, 6) is 1.51. The maximum Gasteiger partial charge on any atom is 0.265 e. The van der Waals surface area contributed by atoms with Gasteiger partial charge in [0.25, 0.3) is 5.56 Å². The van der Waals surface area contributed by atoms with Gasteiger partial charge < -0.3 is 14.5 Å². The van der Waals surface area contributed by atoms with Gasteiger partial charge in [0.05, 0.1) is 19.5 Å². The number of aromatic amines is 1. The first-order valence-corrected chi connectivity index (χ1v) is 7.94. The van der Waals surface area contributed by atoms with E-state index in [1.54, 1.807) is 0 Å². The molecule has 1 aromatic carbocycles. The fourth-order valence-electron chi connectivity index (χ4n) is 1.76. The van der Waals surface area contributed by atoms with Crippen molar-refractivity contribution >= 4 is 34.4 Å². The summed E-state index contributed by atoms with van der Waals surface area (Å²) in [7, 11) is 0. The van der Waals surface area contributed by atoms with E-state index in [1.165, 1.54) is 18.1 Å². The number of H-pyrrole nitrogens is 1. The van der Waals surface area contributed by atoms with E-state index in [0.717, 1.165) is 22.8 Å². The molecule has 0 radical (unpaired) electrons. The van der Waals surface area contributed by atoms with E-state index in [9.17, 15) is 4.79 Å². The highest BCUT2D eigenvalue weighted by Gasteiger charge is 2.13. The Morgan fingerprint density at radius 1 is 1.25 bits per heavy atom. The number of nitrogens with zero attached hydrogens (tertiary/aromatic N) is 1. The monoisotopic (exact) mass is 402 g/mol. The average Bonchev–Trinajstić information content (AvgIpc) is 2.69. The number of benzene rings is 1. The molecular weight excluding hydrogens is 391 g/mol. The van der Waals surface area contributed by atoms with Gasteiger partial charge in [0.15, 0.2) is 11.5 Å². The van der Waals surface area contributed by atoms with Gasteiger partial charge in [-0.05, 0) is 40.8 Å². The van der Waals surface area contributed by atoms with Gasteiger partial charge in [-0.3, -0.25) is 4.79 Å². The summed E-state index contributed by atoms with van der Waals surface area (Å²) < 4.78 is 11.8. The zero-order valence-corrected chi connectivity index (χ0v) is 13.4. The van der Waals surface area contributed by atoms with Crippen molar-refractivity contribution in [3.05, 3.63) is 38.5 Å². The van der Waals surface area contributed by atoms with Crippen LogP contribution in [0.5, 0.6) is 11.5 Å². The van der Waals surface area contributed by atoms with Crippen molar-refractivity contribution in [1.82, 2.24) is 9.97 Å². The van der Waals surface area contributed by atoms with Crippen LogP contribution in [0.4, 0.5) is 0 Å². The summed E-state index contributed by atoms with van der Waals surface area (Å²) in [4.78, 5) is 19.3. The Balaban J connectivity index is 1.90. The SMILES string of the molecule is O=c1[nH]cnc(Sc2ccc3c(c2)OCCCO3)c1I. The third-order valence-corrected chi connectivity index (χ3v) is 5.06. The molecule has 3 rings (SSSR count). The van der Waals surface area contributed by atoms with E-state index < -0.39 is 0 Å². The zero-order valence-electron chi connectivity index (χ0n) is 10.4. The standard InChI is InChI=1S/C13H11IN2O3S/c14-11-12(17)15-7-16-13(11)20-8-2-3-9-10(6-8)19-5-1-4-18-9/h2-3,6-7H,1,4-5H2,(H,15,16,17). The molecule has 1 N–H and O–H groups in total. The molecule has 5 nitrogen and oxygen atoms in total. The predicted molar refractivity (Wildman–Crippen MR) is 83.7 cm³/mol. The van der Waals surface area contributed by atoms with Crippen LogP contribution >= 0.6 is 34.4 Å². The average molecular weight is 402 g/mol. The summed E-state index contributed by atoms with van der Waals surface area (Å²) in [6.45, 7) is 1.33. The largest absolute Gasteiger partial charge is 0.490 e. The number of hydrogen-bond acceptors (Lipinski definition) is 5. The van der Waals surface area contributed by atoms with E-state index in [4.69, 9.17) is 9.47 Å². The second kappa shape index (κ2) is 6.04. The lowest BCUT2D eigenvalue weighted by molar-refractivity contribution is 0.297. The molecule has 0 bridgehead atoms. The quantitative estimate of drug-likeness (QED) is 0.618. The number of hydrogen-bond donors (Lipinski definition) is 1. The van der Waals surface area contributed by atoms with Crippen molar-refractivity contribution in [2.45, 2.75) is 16.3 Å². The van der Waals surface area contributed by atoms with Gasteiger partial charge in [0.1, 0.15) is 8.60 Å². The third-order valence-electron chi connectivity index (χ3n) is 2.70. The lowest BCUT2D eigenvalue weighted by atomic mass is 10.3. The van der Waals surface area contributed by atoms with Crippen molar-refractivity contribution in [3.63, 3.8) is 0 Å². The molecule has 0 spiro atoms. The van der Waals surface area contributed by atoms with Gasteiger partial charge in [0.2, 0.25) is 0 Å². The van der Waals surface area contributed by atoms with Gasteiger partial charge >= 0.3 is 0 Å². The second-order valence-electron chi connectivity index (χ2n) is 4.11. The van der Waals surface area contributed by atoms with Gasteiger partial charge in [-0.15, -0.1) is 0 Å².